The lowest BCUT2D eigenvalue weighted by Crippen LogP contribution is -2.25. The second-order valence-electron chi connectivity index (χ2n) is 9.60. The second kappa shape index (κ2) is 7.94. The first kappa shape index (κ1) is 22.3. The summed E-state index contributed by atoms with van der Waals surface area (Å²) in [5.41, 5.74) is 0.893. The molecule has 2 aliphatic rings. The molecule has 3 heterocycles. The zero-order valence-electron chi connectivity index (χ0n) is 20.1. The van der Waals surface area contributed by atoms with Crippen LogP contribution in [0, 0.1) is 11.3 Å². The molecule has 6 rings (SSSR count). The summed E-state index contributed by atoms with van der Waals surface area (Å²) in [6.07, 6.45) is 1.93. The Kier molecular flexibility index (Phi) is 4.92. The Morgan fingerprint density at radius 3 is 2.39 bits per heavy atom. The Bertz CT molecular complexity index is 1550. The van der Waals surface area contributed by atoms with Crippen LogP contribution >= 0.6 is 0 Å². The number of methoxy groups -OCH3 is 1. The number of aromatic nitrogens is 1. The van der Waals surface area contributed by atoms with Gasteiger partial charge in [0.1, 0.15) is 5.60 Å². The molecule has 0 amide bonds. The van der Waals surface area contributed by atoms with E-state index in [1.54, 1.807) is 19.2 Å². The number of benzene rings is 3. The van der Waals surface area contributed by atoms with Crippen molar-refractivity contribution in [2.45, 2.75) is 37.4 Å². The Morgan fingerprint density at radius 2 is 1.64 bits per heavy atom. The molecule has 1 saturated heterocycles. The third-order valence-corrected chi connectivity index (χ3v) is 7.63. The second-order valence-corrected chi connectivity index (χ2v) is 9.60. The first-order valence-electron chi connectivity index (χ1n) is 12.0. The number of rotatable bonds is 6. The lowest BCUT2D eigenvalue weighted by molar-refractivity contribution is -0.0876. The van der Waals surface area contributed by atoms with Crippen LogP contribution in [0.5, 0.6) is 23.3 Å². The molecule has 7 heteroatoms. The standard InChI is InChI=1S/C29H26N2O5/c1-28-13-14-29(36-28,15-16-35-23-10-6-5-9-22(23)34-2)25-24(28)26(32)31(27(25)33)21-12-11-18(17-30)19-7-3-4-8-20(19)21/h3-12,32-33H,13-16H2,1-2H3/t28-,29-/m0/s1. The number of fused-ring (bicyclic) bond motifs is 6. The number of hydrogen-bond donors (Lipinski definition) is 2. The minimum atomic E-state index is -0.776. The van der Waals surface area contributed by atoms with Gasteiger partial charge in [0, 0.05) is 17.2 Å². The highest BCUT2D eigenvalue weighted by molar-refractivity contribution is 5.95. The van der Waals surface area contributed by atoms with Gasteiger partial charge >= 0.3 is 0 Å². The van der Waals surface area contributed by atoms with Gasteiger partial charge < -0.3 is 24.4 Å². The molecule has 3 aromatic carbocycles. The topological polar surface area (TPSA) is 96.9 Å². The summed E-state index contributed by atoms with van der Waals surface area (Å²) >= 11 is 0. The van der Waals surface area contributed by atoms with Crippen molar-refractivity contribution in [2.75, 3.05) is 13.7 Å². The largest absolute Gasteiger partial charge is 0.494 e. The average Bonchev–Trinajstić information content (AvgIpc) is 3.48. The highest BCUT2D eigenvalue weighted by Crippen LogP contribution is 2.65. The van der Waals surface area contributed by atoms with Crippen molar-refractivity contribution in [1.29, 1.82) is 5.26 Å². The maximum absolute atomic E-state index is 11.6. The fourth-order valence-corrected chi connectivity index (χ4v) is 5.97. The molecule has 1 aromatic heterocycles. The van der Waals surface area contributed by atoms with Gasteiger partial charge in [-0.2, -0.15) is 5.26 Å². The maximum atomic E-state index is 11.6. The summed E-state index contributed by atoms with van der Waals surface area (Å²) in [7, 11) is 1.60. The van der Waals surface area contributed by atoms with E-state index in [2.05, 4.69) is 6.07 Å². The van der Waals surface area contributed by atoms with Crippen molar-refractivity contribution in [3.8, 4) is 35.0 Å². The molecule has 0 unspecified atom stereocenters. The quantitative estimate of drug-likeness (QED) is 0.370. The normalized spacial score (nSPS) is 21.9. The molecule has 0 aliphatic carbocycles. The Morgan fingerprint density at radius 1 is 0.944 bits per heavy atom. The lowest BCUT2D eigenvalue weighted by atomic mass is 9.78. The summed E-state index contributed by atoms with van der Waals surface area (Å²) in [6, 6.07) is 20.7. The van der Waals surface area contributed by atoms with Crippen molar-refractivity contribution in [3.05, 3.63) is 77.4 Å². The minimum absolute atomic E-state index is 0.0351. The van der Waals surface area contributed by atoms with Crippen LogP contribution in [0.3, 0.4) is 0 Å². The minimum Gasteiger partial charge on any atom is -0.494 e. The molecule has 2 bridgehead atoms. The zero-order valence-corrected chi connectivity index (χ0v) is 20.1. The summed E-state index contributed by atoms with van der Waals surface area (Å²) < 4.78 is 19.5. The predicted octanol–water partition coefficient (Wildman–Crippen LogP) is 5.63. The molecule has 2 atom stereocenters. The number of ether oxygens (including phenoxy) is 3. The van der Waals surface area contributed by atoms with Gasteiger partial charge in [-0.05, 0) is 44.0 Å². The van der Waals surface area contributed by atoms with Crippen LogP contribution in [-0.4, -0.2) is 28.5 Å². The molecule has 0 spiro atoms. The lowest BCUT2D eigenvalue weighted by Gasteiger charge is -2.26. The summed E-state index contributed by atoms with van der Waals surface area (Å²) in [6.45, 7) is 2.31. The third-order valence-electron chi connectivity index (χ3n) is 7.63. The molecule has 7 nitrogen and oxygen atoms in total. The fourth-order valence-electron chi connectivity index (χ4n) is 5.97. The number of aromatic hydroxyl groups is 2. The first-order valence-corrected chi connectivity index (χ1v) is 12.0. The summed E-state index contributed by atoms with van der Waals surface area (Å²) in [5, 5.41) is 34.1. The molecular weight excluding hydrogens is 456 g/mol. The molecule has 0 saturated carbocycles. The van der Waals surface area contributed by atoms with Crippen molar-refractivity contribution >= 4 is 10.8 Å². The fraction of sp³-hybridized carbons (Fsp3) is 0.276. The molecular formula is C29H26N2O5. The van der Waals surface area contributed by atoms with E-state index in [1.165, 1.54) is 4.57 Å². The van der Waals surface area contributed by atoms with Crippen LogP contribution in [0.4, 0.5) is 0 Å². The van der Waals surface area contributed by atoms with Gasteiger partial charge in [0.05, 0.1) is 47.8 Å². The number of nitriles is 1. The Hall–Kier alpha value is -4.15. The highest BCUT2D eigenvalue weighted by Gasteiger charge is 2.61. The van der Waals surface area contributed by atoms with Crippen molar-refractivity contribution in [2.24, 2.45) is 0 Å². The predicted molar refractivity (Wildman–Crippen MR) is 134 cm³/mol. The van der Waals surface area contributed by atoms with Crippen LogP contribution in [0.15, 0.2) is 60.7 Å². The molecule has 36 heavy (non-hydrogen) atoms. The van der Waals surface area contributed by atoms with E-state index in [4.69, 9.17) is 14.2 Å². The van der Waals surface area contributed by atoms with Gasteiger partial charge in [0.25, 0.3) is 0 Å². The van der Waals surface area contributed by atoms with Gasteiger partial charge in [-0.15, -0.1) is 0 Å². The zero-order chi connectivity index (χ0) is 25.1. The van der Waals surface area contributed by atoms with E-state index in [-0.39, 0.29) is 11.8 Å². The Labute approximate surface area is 208 Å². The smallest absolute Gasteiger partial charge is 0.205 e. The average molecular weight is 483 g/mol. The van der Waals surface area contributed by atoms with Gasteiger partial charge in [-0.3, -0.25) is 4.57 Å². The summed E-state index contributed by atoms with van der Waals surface area (Å²) in [4.78, 5) is 0. The Balaban J connectivity index is 1.42. The number of para-hydroxylation sites is 2. The van der Waals surface area contributed by atoms with E-state index in [0.717, 1.165) is 17.2 Å². The van der Waals surface area contributed by atoms with Gasteiger partial charge in [0.15, 0.2) is 11.5 Å². The van der Waals surface area contributed by atoms with E-state index < -0.39 is 11.2 Å². The van der Waals surface area contributed by atoms with Crippen LogP contribution in [0.2, 0.25) is 0 Å². The van der Waals surface area contributed by atoms with Gasteiger partial charge in [-0.25, -0.2) is 0 Å². The highest BCUT2D eigenvalue weighted by atomic mass is 16.5. The van der Waals surface area contributed by atoms with E-state index >= 15 is 0 Å². The van der Waals surface area contributed by atoms with Crippen molar-refractivity contribution in [1.82, 2.24) is 4.57 Å². The van der Waals surface area contributed by atoms with Gasteiger partial charge in [-0.1, -0.05) is 36.4 Å². The third kappa shape index (κ3) is 3.01. The van der Waals surface area contributed by atoms with E-state index in [1.807, 2.05) is 55.5 Å². The molecule has 2 N–H and O–H groups in total. The maximum Gasteiger partial charge on any atom is 0.205 e. The van der Waals surface area contributed by atoms with E-state index in [0.29, 0.717) is 53.3 Å². The number of hydrogen-bond acceptors (Lipinski definition) is 6. The van der Waals surface area contributed by atoms with Gasteiger partial charge in [0.2, 0.25) is 11.8 Å². The molecule has 1 fully saturated rings. The molecule has 182 valence electrons. The SMILES string of the molecule is COc1ccccc1OCC[C@]12CC[C@](C)(O1)c1c2c(O)n(-c2ccc(C#N)c3ccccc23)c1O. The monoisotopic (exact) mass is 482 g/mol. The summed E-state index contributed by atoms with van der Waals surface area (Å²) in [5.74, 6) is 1.22. The number of nitrogens with zero attached hydrogens (tertiary/aromatic N) is 2. The van der Waals surface area contributed by atoms with Crippen LogP contribution in [0.25, 0.3) is 16.5 Å². The van der Waals surface area contributed by atoms with Crippen molar-refractivity contribution in [3.63, 3.8) is 0 Å². The van der Waals surface area contributed by atoms with Crippen LogP contribution in [-0.2, 0) is 15.9 Å². The van der Waals surface area contributed by atoms with E-state index in [9.17, 15) is 15.5 Å². The van der Waals surface area contributed by atoms with Crippen molar-refractivity contribution < 1.29 is 24.4 Å². The molecule has 2 aliphatic heterocycles. The van der Waals surface area contributed by atoms with Crippen LogP contribution < -0.4 is 9.47 Å². The molecule has 0 radical (unpaired) electrons. The van der Waals surface area contributed by atoms with Crippen LogP contribution in [0.1, 0.15) is 42.9 Å². The molecule has 4 aromatic rings. The first-order chi connectivity index (χ1) is 17.4.